The van der Waals surface area contributed by atoms with E-state index < -0.39 is 0 Å². The largest absolute Gasteiger partial charge is 0.462 e. The van der Waals surface area contributed by atoms with Gasteiger partial charge in [-0.15, -0.1) is 0 Å². The fourth-order valence-electron chi connectivity index (χ4n) is 3.08. The molecule has 0 saturated carbocycles. The van der Waals surface area contributed by atoms with Gasteiger partial charge in [-0.05, 0) is 43.7 Å². The van der Waals surface area contributed by atoms with Crippen LogP contribution in [0.1, 0.15) is 44.0 Å². The lowest BCUT2D eigenvalue weighted by atomic mass is 9.86. The average molecular weight is 290 g/mol. The van der Waals surface area contributed by atoms with Crippen LogP contribution in [0, 0.1) is 11.8 Å². The van der Waals surface area contributed by atoms with E-state index in [4.69, 9.17) is 10.5 Å². The van der Waals surface area contributed by atoms with Crippen molar-refractivity contribution in [2.24, 2.45) is 11.8 Å². The first-order valence-corrected chi connectivity index (χ1v) is 7.85. The highest BCUT2D eigenvalue weighted by molar-refractivity contribution is 5.99. The fourth-order valence-corrected chi connectivity index (χ4v) is 3.08. The number of piperidine rings is 1. The number of ether oxygens (including phenoxy) is 1. The lowest BCUT2D eigenvalue weighted by Crippen LogP contribution is -2.36. The topological polar surface area (TPSA) is 55.6 Å². The number of nitrogens with zero attached hydrogens (tertiary/aromatic N) is 1. The third-order valence-corrected chi connectivity index (χ3v) is 4.36. The molecule has 4 heteroatoms. The third-order valence-electron chi connectivity index (χ3n) is 4.36. The van der Waals surface area contributed by atoms with Crippen LogP contribution in [0.5, 0.6) is 0 Å². The molecule has 0 aromatic heterocycles. The van der Waals surface area contributed by atoms with E-state index in [0.29, 0.717) is 23.8 Å². The van der Waals surface area contributed by atoms with Gasteiger partial charge in [-0.25, -0.2) is 4.79 Å². The number of anilines is 2. The molecule has 4 nitrogen and oxygen atoms in total. The van der Waals surface area contributed by atoms with Crippen molar-refractivity contribution in [3.05, 3.63) is 23.8 Å². The summed E-state index contributed by atoms with van der Waals surface area (Å²) in [4.78, 5) is 14.4. The second kappa shape index (κ2) is 6.83. The van der Waals surface area contributed by atoms with E-state index in [2.05, 4.69) is 18.7 Å². The summed E-state index contributed by atoms with van der Waals surface area (Å²) in [6.07, 6.45) is 2.29. The molecule has 0 bridgehead atoms. The van der Waals surface area contributed by atoms with Gasteiger partial charge in [-0.2, -0.15) is 0 Å². The summed E-state index contributed by atoms with van der Waals surface area (Å²) in [6.45, 7) is 8.65. The number of benzene rings is 1. The zero-order chi connectivity index (χ0) is 15.4. The second-order valence-corrected chi connectivity index (χ2v) is 6.03. The molecule has 0 atom stereocenters. The van der Waals surface area contributed by atoms with E-state index in [-0.39, 0.29) is 5.97 Å². The Morgan fingerprint density at radius 3 is 2.62 bits per heavy atom. The Morgan fingerprint density at radius 1 is 1.38 bits per heavy atom. The molecule has 116 valence electrons. The van der Waals surface area contributed by atoms with Gasteiger partial charge in [0.1, 0.15) is 0 Å². The van der Waals surface area contributed by atoms with Crippen molar-refractivity contribution >= 4 is 17.3 Å². The Labute approximate surface area is 127 Å². The highest BCUT2D eigenvalue weighted by Gasteiger charge is 2.26. The minimum absolute atomic E-state index is 0.286. The smallest absolute Gasteiger partial charge is 0.340 e. The molecule has 2 rings (SSSR count). The van der Waals surface area contributed by atoms with Crippen molar-refractivity contribution in [2.45, 2.75) is 33.6 Å². The molecule has 0 spiro atoms. The minimum atomic E-state index is -0.286. The summed E-state index contributed by atoms with van der Waals surface area (Å²) in [5.41, 5.74) is 8.22. The summed E-state index contributed by atoms with van der Waals surface area (Å²) in [5.74, 6) is 1.19. The zero-order valence-corrected chi connectivity index (χ0v) is 13.3. The Balaban J connectivity index is 2.22. The van der Waals surface area contributed by atoms with Gasteiger partial charge in [0.15, 0.2) is 0 Å². The number of nitrogen functional groups attached to an aromatic ring is 1. The van der Waals surface area contributed by atoms with Crippen molar-refractivity contribution < 1.29 is 9.53 Å². The molecule has 0 amide bonds. The number of carbonyl (C=O) groups is 1. The number of hydrogen-bond donors (Lipinski definition) is 1. The van der Waals surface area contributed by atoms with Crippen LogP contribution in [0.15, 0.2) is 18.2 Å². The first kappa shape index (κ1) is 15.7. The van der Waals surface area contributed by atoms with E-state index in [1.54, 1.807) is 6.07 Å². The molecule has 1 aliphatic heterocycles. The Morgan fingerprint density at radius 2 is 2.05 bits per heavy atom. The lowest BCUT2D eigenvalue weighted by Gasteiger charge is -2.36. The van der Waals surface area contributed by atoms with Gasteiger partial charge in [-0.1, -0.05) is 19.9 Å². The van der Waals surface area contributed by atoms with Gasteiger partial charge in [0, 0.05) is 13.1 Å². The molecule has 1 aromatic carbocycles. The molecule has 1 fully saturated rings. The summed E-state index contributed by atoms with van der Waals surface area (Å²) >= 11 is 0. The maximum atomic E-state index is 12.1. The monoisotopic (exact) mass is 290 g/mol. The SMILES string of the molecule is CCOC(=O)c1cccc(N)c1N1CCC(C(C)C)CC1. The minimum Gasteiger partial charge on any atom is -0.462 e. The Bertz CT molecular complexity index is 492. The van der Waals surface area contributed by atoms with Crippen LogP contribution in [-0.2, 0) is 4.74 Å². The summed E-state index contributed by atoms with van der Waals surface area (Å²) < 4.78 is 5.15. The van der Waals surface area contributed by atoms with E-state index in [9.17, 15) is 4.79 Å². The predicted molar refractivity (Wildman–Crippen MR) is 86.6 cm³/mol. The molecular formula is C17H26N2O2. The van der Waals surface area contributed by atoms with Crippen molar-refractivity contribution in [3.8, 4) is 0 Å². The maximum absolute atomic E-state index is 12.1. The third kappa shape index (κ3) is 3.49. The van der Waals surface area contributed by atoms with E-state index in [1.165, 1.54) is 0 Å². The van der Waals surface area contributed by atoms with Gasteiger partial charge in [-0.3, -0.25) is 0 Å². The Hall–Kier alpha value is -1.71. The first-order chi connectivity index (χ1) is 10.0. The fraction of sp³-hybridized carbons (Fsp3) is 0.588. The maximum Gasteiger partial charge on any atom is 0.340 e. The van der Waals surface area contributed by atoms with Gasteiger partial charge in [0.05, 0.1) is 23.5 Å². The molecule has 0 unspecified atom stereocenters. The van der Waals surface area contributed by atoms with E-state index in [1.807, 2.05) is 19.1 Å². The van der Waals surface area contributed by atoms with Crippen LogP contribution in [0.2, 0.25) is 0 Å². The molecule has 0 radical (unpaired) electrons. The van der Waals surface area contributed by atoms with Crippen molar-refractivity contribution in [1.82, 2.24) is 0 Å². The zero-order valence-electron chi connectivity index (χ0n) is 13.3. The van der Waals surface area contributed by atoms with Crippen LogP contribution in [0.4, 0.5) is 11.4 Å². The number of nitrogens with two attached hydrogens (primary N) is 1. The lowest BCUT2D eigenvalue weighted by molar-refractivity contribution is 0.0527. The summed E-state index contributed by atoms with van der Waals surface area (Å²) in [5, 5.41) is 0. The predicted octanol–water partition coefficient (Wildman–Crippen LogP) is 3.32. The molecule has 0 aliphatic carbocycles. The van der Waals surface area contributed by atoms with Gasteiger partial charge in [0.25, 0.3) is 0 Å². The van der Waals surface area contributed by atoms with Crippen LogP contribution in [-0.4, -0.2) is 25.7 Å². The number of hydrogen-bond acceptors (Lipinski definition) is 4. The van der Waals surface area contributed by atoms with E-state index in [0.717, 1.165) is 37.5 Å². The van der Waals surface area contributed by atoms with Crippen molar-refractivity contribution in [2.75, 3.05) is 30.3 Å². The molecule has 1 aliphatic rings. The highest BCUT2D eigenvalue weighted by Crippen LogP contribution is 2.33. The van der Waals surface area contributed by atoms with Crippen LogP contribution in [0.3, 0.4) is 0 Å². The molecular weight excluding hydrogens is 264 g/mol. The quantitative estimate of drug-likeness (QED) is 0.682. The standard InChI is InChI=1S/C17H26N2O2/c1-4-21-17(20)14-6-5-7-15(18)16(14)19-10-8-13(9-11-19)12(2)3/h5-7,12-13H,4,8-11,18H2,1-3H3. The van der Waals surface area contributed by atoms with E-state index >= 15 is 0 Å². The molecule has 1 aromatic rings. The number of carbonyl (C=O) groups excluding carboxylic acids is 1. The van der Waals surface area contributed by atoms with Gasteiger partial charge >= 0.3 is 5.97 Å². The van der Waals surface area contributed by atoms with Crippen LogP contribution >= 0.6 is 0 Å². The van der Waals surface area contributed by atoms with Crippen molar-refractivity contribution in [1.29, 1.82) is 0 Å². The van der Waals surface area contributed by atoms with Gasteiger partial charge < -0.3 is 15.4 Å². The Kier molecular flexibility index (Phi) is 5.10. The average Bonchev–Trinajstić information content (AvgIpc) is 2.47. The number of para-hydroxylation sites is 1. The molecule has 21 heavy (non-hydrogen) atoms. The van der Waals surface area contributed by atoms with Gasteiger partial charge in [0.2, 0.25) is 0 Å². The summed E-state index contributed by atoms with van der Waals surface area (Å²) in [6, 6.07) is 5.47. The normalized spacial score (nSPS) is 16.3. The number of esters is 1. The van der Waals surface area contributed by atoms with Crippen LogP contribution in [0.25, 0.3) is 0 Å². The highest BCUT2D eigenvalue weighted by atomic mass is 16.5. The van der Waals surface area contributed by atoms with Crippen molar-refractivity contribution in [3.63, 3.8) is 0 Å². The summed E-state index contributed by atoms with van der Waals surface area (Å²) in [7, 11) is 0. The molecule has 1 heterocycles. The second-order valence-electron chi connectivity index (χ2n) is 6.03. The molecule has 1 saturated heterocycles. The number of rotatable bonds is 4. The first-order valence-electron chi connectivity index (χ1n) is 7.85. The molecule has 2 N–H and O–H groups in total. The van der Waals surface area contributed by atoms with Crippen LogP contribution < -0.4 is 10.6 Å².